The van der Waals surface area contributed by atoms with Gasteiger partial charge in [-0.05, 0) is 44.7 Å². The van der Waals surface area contributed by atoms with Gasteiger partial charge in [-0.25, -0.2) is 4.98 Å². The Balaban J connectivity index is 2.21. The van der Waals surface area contributed by atoms with E-state index in [9.17, 15) is 0 Å². The molecule has 4 heteroatoms. The monoisotopic (exact) mass is 286 g/mol. The maximum atomic E-state index is 6.01. The van der Waals surface area contributed by atoms with E-state index < -0.39 is 0 Å². The van der Waals surface area contributed by atoms with Gasteiger partial charge in [-0.3, -0.25) is 0 Å². The van der Waals surface area contributed by atoms with Gasteiger partial charge in [-0.15, -0.1) is 0 Å². The van der Waals surface area contributed by atoms with E-state index in [2.05, 4.69) is 42.3 Å². The molecular formula is C17H22N2O2. The molecule has 0 spiro atoms. The maximum absolute atomic E-state index is 6.01. The predicted octanol–water partition coefficient (Wildman–Crippen LogP) is 3.26. The minimum Gasteiger partial charge on any atom is -0.488 e. The minimum absolute atomic E-state index is 0.233. The summed E-state index contributed by atoms with van der Waals surface area (Å²) in [6, 6.07) is 10.3. The Morgan fingerprint density at radius 3 is 2.81 bits per heavy atom. The Bertz CT molecular complexity index is 599. The molecule has 2 aromatic rings. The molecule has 1 aromatic heterocycles. The molecule has 1 unspecified atom stereocenters. The van der Waals surface area contributed by atoms with Gasteiger partial charge < -0.3 is 14.8 Å². The zero-order valence-corrected chi connectivity index (χ0v) is 13.0. The number of nitrogens with zero attached hydrogens (tertiary/aromatic N) is 1. The Labute approximate surface area is 126 Å². The van der Waals surface area contributed by atoms with Gasteiger partial charge in [0.1, 0.15) is 12.4 Å². The molecule has 4 nitrogen and oxygen atoms in total. The fourth-order valence-corrected chi connectivity index (χ4v) is 2.15. The van der Waals surface area contributed by atoms with E-state index in [1.807, 2.05) is 19.2 Å². The van der Waals surface area contributed by atoms with Crippen LogP contribution in [0.25, 0.3) is 0 Å². The van der Waals surface area contributed by atoms with E-state index in [0.717, 1.165) is 16.9 Å². The summed E-state index contributed by atoms with van der Waals surface area (Å²) < 4.78 is 11.3. The largest absolute Gasteiger partial charge is 0.488 e. The van der Waals surface area contributed by atoms with Crippen LogP contribution in [0.5, 0.6) is 11.6 Å². The predicted molar refractivity (Wildman–Crippen MR) is 83.8 cm³/mol. The fourth-order valence-electron chi connectivity index (χ4n) is 2.15. The van der Waals surface area contributed by atoms with Crippen LogP contribution >= 0.6 is 0 Å². The van der Waals surface area contributed by atoms with Gasteiger partial charge in [0.05, 0.1) is 12.7 Å². The number of aromatic nitrogens is 1. The van der Waals surface area contributed by atoms with E-state index in [4.69, 9.17) is 9.47 Å². The Kier molecular flexibility index (Phi) is 5.17. The van der Waals surface area contributed by atoms with Crippen LogP contribution in [0.1, 0.15) is 29.7 Å². The molecule has 2 rings (SSSR count). The summed E-state index contributed by atoms with van der Waals surface area (Å²) >= 11 is 0. The van der Waals surface area contributed by atoms with Crippen molar-refractivity contribution in [1.29, 1.82) is 0 Å². The number of aryl methyl sites for hydroxylation is 1. The van der Waals surface area contributed by atoms with Gasteiger partial charge in [0.25, 0.3) is 0 Å². The van der Waals surface area contributed by atoms with Crippen molar-refractivity contribution >= 4 is 0 Å². The molecule has 0 fully saturated rings. The van der Waals surface area contributed by atoms with Gasteiger partial charge >= 0.3 is 0 Å². The van der Waals surface area contributed by atoms with E-state index in [1.54, 1.807) is 13.3 Å². The number of hydrogen-bond donors (Lipinski definition) is 1. The molecule has 0 amide bonds. The first-order valence-corrected chi connectivity index (χ1v) is 7.04. The first-order chi connectivity index (χ1) is 10.2. The molecule has 0 aliphatic rings. The molecule has 112 valence electrons. The highest BCUT2D eigenvalue weighted by Gasteiger charge is 2.11. The quantitative estimate of drug-likeness (QED) is 0.885. The van der Waals surface area contributed by atoms with Crippen LogP contribution in [-0.4, -0.2) is 19.1 Å². The lowest BCUT2D eigenvalue weighted by Gasteiger charge is -2.17. The van der Waals surface area contributed by atoms with Crippen LogP contribution in [-0.2, 0) is 6.61 Å². The van der Waals surface area contributed by atoms with Gasteiger partial charge in [-0.1, -0.05) is 12.1 Å². The number of rotatable bonds is 6. The number of ether oxygens (including phenoxy) is 2. The molecular weight excluding hydrogens is 264 g/mol. The number of nitrogens with one attached hydrogen (secondary N) is 1. The second-order valence-electron chi connectivity index (χ2n) is 5.01. The number of pyridine rings is 1. The molecule has 0 saturated carbocycles. The first kappa shape index (κ1) is 15.3. The molecule has 0 saturated heterocycles. The first-order valence-electron chi connectivity index (χ1n) is 7.04. The number of methoxy groups -OCH3 is 1. The number of hydrogen-bond acceptors (Lipinski definition) is 4. The summed E-state index contributed by atoms with van der Waals surface area (Å²) in [7, 11) is 3.56. The second kappa shape index (κ2) is 7.09. The SMILES string of the molecule is CNC(C)c1ccc(C)cc1OCc1cccnc1OC. The summed E-state index contributed by atoms with van der Waals surface area (Å²) in [5, 5.41) is 3.24. The van der Waals surface area contributed by atoms with E-state index in [0.29, 0.717) is 12.5 Å². The summed E-state index contributed by atoms with van der Waals surface area (Å²) in [5.41, 5.74) is 3.26. The third kappa shape index (κ3) is 3.73. The fraction of sp³-hybridized carbons (Fsp3) is 0.353. The molecule has 1 N–H and O–H groups in total. The van der Waals surface area contributed by atoms with Crippen LogP contribution in [0, 0.1) is 6.92 Å². The molecule has 0 radical (unpaired) electrons. The lowest BCUT2D eigenvalue weighted by atomic mass is 10.1. The highest BCUT2D eigenvalue weighted by molar-refractivity contribution is 5.39. The van der Waals surface area contributed by atoms with Crippen molar-refractivity contribution in [1.82, 2.24) is 10.3 Å². The normalized spacial score (nSPS) is 12.0. The molecule has 1 aromatic carbocycles. The van der Waals surface area contributed by atoms with Gasteiger partial charge in [-0.2, -0.15) is 0 Å². The summed E-state index contributed by atoms with van der Waals surface area (Å²) in [6.07, 6.45) is 1.71. The van der Waals surface area contributed by atoms with Gasteiger partial charge in [0.2, 0.25) is 5.88 Å². The second-order valence-corrected chi connectivity index (χ2v) is 5.01. The molecule has 1 heterocycles. The van der Waals surface area contributed by atoms with Gasteiger partial charge in [0.15, 0.2) is 0 Å². The smallest absolute Gasteiger partial charge is 0.219 e. The number of benzene rings is 1. The van der Waals surface area contributed by atoms with Crippen molar-refractivity contribution < 1.29 is 9.47 Å². The summed E-state index contributed by atoms with van der Waals surface area (Å²) in [6.45, 7) is 4.61. The van der Waals surface area contributed by atoms with Crippen LogP contribution in [0.4, 0.5) is 0 Å². The Morgan fingerprint density at radius 2 is 2.10 bits per heavy atom. The molecule has 0 bridgehead atoms. The van der Waals surface area contributed by atoms with Crippen molar-refractivity contribution in [3.05, 3.63) is 53.2 Å². The third-order valence-electron chi connectivity index (χ3n) is 3.50. The third-order valence-corrected chi connectivity index (χ3v) is 3.50. The lowest BCUT2D eigenvalue weighted by molar-refractivity contribution is 0.289. The van der Waals surface area contributed by atoms with Crippen LogP contribution in [0.3, 0.4) is 0 Å². The molecule has 1 atom stereocenters. The molecule has 21 heavy (non-hydrogen) atoms. The van der Waals surface area contributed by atoms with Gasteiger partial charge in [0, 0.05) is 17.8 Å². The lowest BCUT2D eigenvalue weighted by Crippen LogP contribution is -2.14. The van der Waals surface area contributed by atoms with Crippen molar-refractivity contribution in [3.63, 3.8) is 0 Å². The summed E-state index contributed by atoms with van der Waals surface area (Å²) in [4.78, 5) is 4.19. The Hall–Kier alpha value is -2.07. The van der Waals surface area contributed by atoms with E-state index >= 15 is 0 Å². The van der Waals surface area contributed by atoms with Crippen LogP contribution < -0.4 is 14.8 Å². The minimum atomic E-state index is 0.233. The van der Waals surface area contributed by atoms with Crippen molar-refractivity contribution in [2.75, 3.05) is 14.2 Å². The standard InChI is InChI=1S/C17H22N2O2/c1-12-7-8-15(13(2)18-3)16(10-12)21-11-14-6-5-9-19-17(14)20-4/h5-10,13,18H,11H2,1-4H3. The highest BCUT2D eigenvalue weighted by Crippen LogP contribution is 2.27. The highest BCUT2D eigenvalue weighted by atomic mass is 16.5. The van der Waals surface area contributed by atoms with Crippen LogP contribution in [0.15, 0.2) is 36.5 Å². The Morgan fingerprint density at radius 1 is 1.29 bits per heavy atom. The summed E-state index contributed by atoms with van der Waals surface area (Å²) in [5.74, 6) is 1.50. The zero-order chi connectivity index (χ0) is 15.2. The van der Waals surface area contributed by atoms with E-state index in [1.165, 1.54) is 5.56 Å². The van der Waals surface area contributed by atoms with E-state index in [-0.39, 0.29) is 6.04 Å². The van der Waals surface area contributed by atoms with Crippen LogP contribution in [0.2, 0.25) is 0 Å². The van der Waals surface area contributed by atoms with Crippen molar-refractivity contribution in [2.24, 2.45) is 0 Å². The van der Waals surface area contributed by atoms with Crippen molar-refractivity contribution in [3.8, 4) is 11.6 Å². The molecule has 0 aliphatic heterocycles. The average molecular weight is 286 g/mol. The zero-order valence-electron chi connectivity index (χ0n) is 13.0. The topological polar surface area (TPSA) is 43.4 Å². The average Bonchev–Trinajstić information content (AvgIpc) is 2.52. The van der Waals surface area contributed by atoms with Crippen molar-refractivity contribution in [2.45, 2.75) is 26.5 Å². The molecule has 0 aliphatic carbocycles. The maximum Gasteiger partial charge on any atom is 0.219 e.